The maximum atomic E-state index is 12.8. The Morgan fingerprint density at radius 1 is 1.13 bits per heavy atom. The lowest BCUT2D eigenvalue weighted by Crippen LogP contribution is -2.34. The summed E-state index contributed by atoms with van der Waals surface area (Å²) in [5, 5.41) is 0. The number of hydrogen-bond donors (Lipinski definition) is 0. The monoisotopic (exact) mass is 289 g/mol. The first kappa shape index (κ1) is 12.4. The van der Waals surface area contributed by atoms with Gasteiger partial charge in [-0.15, -0.1) is 0 Å². The first-order valence-corrected chi connectivity index (χ1v) is 4.53. The van der Waals surface area contributed by atoms with Crippen LogP contribution in [0.25, 0.3) is 0 Å². The lowest BCUT2D eigenvalue weighted by atomic mass is 10.1. The molecule has 7 heteroatoms. The standard InChI is InChI=1S/C8H5BrF5N/c1-4-2-5(15-6(9)3-4)7(10,11)8(12,13)14/h2-3H,1H3. The van der Waals surface area contributed by atoms with Crippen LogP contribution in [0, 0.1) is 6.92 Å². The van der Waals surface area contributed by atoms with E-state index in [9.17, 15) is 22.0 Å². The van der Waals surface area contributed by atoms with Gasteiger partial charge in [-0.25, -0.2) is 4.98 Å². The van der Waals surface area contributed by atoms with Crippen molar-refractivity contribution in [3.05, 3.63) is 28.0 Å². The first-order valence-electron chi connectivity index (χ1n) is 3.74. The summed E-state index contributed by atoms with van der Waals surface area (Å²) in [4.78, 5) is 3.12. The smallest absolute Gasteiger partial charge is 0.239 e. The molecule has 0 unspecified atom stereocenters. The molecule has 1 aromatic rings. The summed E-state index contributed by atoms with van der Waals surface area (Å²) in [6.07, 6.45) is -5.63. The second-order valence-corrected chi connectivity index (χ2v) is 3.74. The van der Waals surface area contributed by atoms with Gasteiger partial charge in [0.05, 0.1) is 0 Å². The highest BCUT2D eigenvalue weighted by molar-refractivity contribution is 9.10. The predicted octanol–water partition coefficient (Wildman–Crippen LogP) is 3.81. The summed E-state index contributed by atoms with van der Waals surface area (Å²) in [6, 6.07) is 2.05. The van der Waals surface area contributed by atoms with Crippen molar-refractivity contribution >= 4 is 15.9 Å². The zero-order valence-corrected chi connectivity index (χ0v) is 8.96. The van der Waals surface area contributed by atoms with Gasteiger partial charge in [-0.1, -0.05) is 0 Å². The topological polar surface area (TPSA) is 12.9 Å². The van der Waals surface area contributed by atoms with Crippen LogP contribution in [0.2, 0.25) is 0 Å². The molecule has 0 atom stereocenters. The molecule has 0 aliphatic heterocycles. The summed E-state index contributed by atoms with van der Waals surface area (Å²) in [5.41, 5.74) is -1.03. The molecular formula is C8H5BrF5N. The fourth-order valence-corrected chi connectivity index (χ4v) is 1.48. The van der Waals surface area contributed by atoms with Crippen LogP contribution in [-0.2, 0) is 5.92 Å². The fourth-order valence-electron chi connectivity index (χ4n) is 0.931. The molecule has 1 heterocycles. The Kier molecular flexibility index (Phi) is 3.04. The van der Waals surface area contributed by atoms with Gasteiger partial charge in [0.1, 0.15) is 10.3 Å². The minimum Gasteiger partial charge on any atom is -0.239 e. The highest BCUT2D eigenvalue weighted by atomic mass is 79.9. The molecule has 0 aliphatic carbocycles. The number of hydrogen-bond acceptors (Lipinski definition) is 1. The van der Waals surface area contributed by atoms with Crippen LogP contribution in [0.15, 0.2) is 16.7 Å². The average Bonchev–Trinajstić information content (AvgIpc) is 1.99. The first-order chi connectivity index (χ1) is 6.64. The van der Waals surface area contributed by atoms with Crippen molar-refractivity contribution in [2.75, 3.05) is 0 Å². The summed E-state index contributed by atoms with van der Waals surface area (Å²) in [5.74, 6) is -4.93. The number of aromatic nitrogens is 1. The lowest BCUT2D eigenvalue weighted by molar-refractivity contribution is -0.291. The molecule has 0 bridgehead atoms. The quantitative estimate of drug-likeness (QED) is 0.566. The van der Waals surface area contributed by atoms with E-state index in [4.69, 9.17) is 0 Å². The average molecular weight is 290 g/mol. The second kappa shape index (κ2) is 3.70. The van der Waals surface area contributed by atoms with Gasteiger partial charge in [0.25, 0.3) is 0 Å². The van der Waals surface area contributed by atoms with Gasteiger partial charge in [-0.05, 0) is 40.5 Å². The third kappa shape index (κ3) is 2.45. The van der Waals surface area contributed by atoms with Crippen molar-refractivity contribution in [3.63, 3.8) is 0 Å². The third-order valence-corrected chi connectivity index (χ3v) is 2.02. The van der Waals surface area contributed by atoms with Crippen LogP contribution in [0.1, 0.15) is 11.3 Å². The Bertz CT molecular complexity index is 354. The Balaban J connectivity index is 3.27. The molecule has 0 aromatic carbocycles. The molecule has 0 saturated heterocycles. The van der Waals surface area contributed by atoms with Crippen molar-refractivity contribution in [2.45, 2.75) is 19.0 Å². The van der Waals surface area contributed by atoms with Crippen LogP contribution in [0.4, 0.5) is 22.0 Å². The molecular weight excluding hydrogens is 285 g/mol. The van der Waals surface area contributed by atoms with Gasteiger partial charge < -0.3 is 0 Å². The Hall–Kier alpha value is -0.720. The normalized spacial score (nSPS) is 13.0. The van der Waals surface area contributed by atoms with Crippen LogP contribution in [0.3, 0.4) is 0 Å². The molecule has 0 amide bonds. The van der Waals surface area contributed by atoms with Crippen LogP contribution in [0.5, 0.6) is 0 Å². The molecule has 84 valence electrons. The maximum absolute atomic E-state index is 12.8. The van der Waals surface area contributed by atoms with E-state index in [2.05, 4.69) is 20.9 Å². The highest BCUT2D eigenvalue weighted by Crippen LogP contribution is 2.43. The summed E-state index contributed by atoms with van der Waals surface area (Å²) in [7, 11) is 0. The van der Waals surface area contributed by atoms with E-state index in [0.29, 0.717) is 6.07 Å². The molecule has 0 radical (unpaired) electrons. The zero-order valence-electron chi connectivity index (χ0n) is 7.37. The fraction of sp³-hybridized carbons (Fsp3) is 0.375. The molecule has 15 heavy (non-hydrogen) atoms. The van der Waals surface area contributed by atoms with Gasteiger partial charge in [-0.2, -0.15) is 22.0 Å². The highest BCUT2D eigenvalue weighted by Gasteiger charge is 2.59. The number of alkyl halides is 5. The van der Waals surface area contributed by atoms with Crippen molar-refractivity contribution in [2.24, 2.45) is 0 Å². The van der Waals surface area contributed by atoms with E-state index in [0.717, 1.165) is 0 Å². The third-order valence-electron chi connectivity index (χ3n) is 1.62. The molecule has 0 spiro atoms. The molecule has 1 aromatic heterocycles. The van der Waals surface area contributed by atoms with Gasteiger partial charge in [0, 0.05) is 0 Å². The number of pyridine rings is 1. The largest absolute Gasteiger partial charge is 0.459 e. The number of halogens is 6. The Morgan fingerprint density at radius 2 is 1.67 bits per heavy atom. The summed E-state index contributed by atoms with van der Waals surface area (Å²) < 4.78 is 61.5. The Labute approximate surface area is 90.4 Å². The van der Waals surface area contributed by atoms with Crippen LogP contribution in [-0.4, -0.2) is 11.2 Å². The zero-order chi connectivity index (χ0) is 11.9. The minimum absolute atomic E-state index is 0.0542. The van der Waals surface area contributed by atoms with Gasteiger partial charge in [0.2, 0.25) is 0 Å². The van der Waals surface area contributed by atoms with Crippen molar-refractivity contribution in [3.8, 4) is 0 Å². The van der Waals surface area contributed by atoms with E-state index in [1.54, 1.807) is 0 Å². The van der Waals surface area contributed by atoms with Crippen molar-refractivity contribution < 1.29 is 22.0 Å². The van der Waals surface area contributed by atoms with Crippen LogP contribution < -0.4 is 0 Å². The van der Waals surface area contributed by atoms with Gasteiger partial charge in [-0.3, -0.25) is 0 Å². The molecule has 0 N–H and O–H groups in total. The molecule has 1 nitrogen and oxygen atoms in total. The summed E-state index contributed by atoms with van der Waals surface area (Å²) >= 11 is 2.76. The SMILES string of the molecule is Cc1cc(Br)nc(C(F)(F)C(F)(F)F)c1. The molecule has 0 aliphatic rings. The van der Waals surface area contributed by atoms with Crippen molar-refractivity contribution in [1.82, 2.24) is 4.98 Å². The van der Waals surface area contributed by atoms with Crippen molar-refractivity contribution in [1.29, 1.82) is 0 Å². The Morgan fingerprint density at radius 3 is 2.07 bits per heavy atom. The summed E-state index contributed by atoms with van der Waals surface area (Å²) in [6.45, 7) is 1.41. The predicted molar refractivity (Wildman–Crippen MR) is 46.6 cm³/mol. The van der Waals surface area contributed by atoms with Gasteiger partial charge >= 0.3 is 12.1 Å². The van der Waals surface area contributed by atoms with Crippen LogP contribution >= 0.6 is 15.9 Å². The minimum atomic E-state index is -5.63. The number of nitrogens with zero attached hydrogens (tertiary/aromatic N) is 1. The van der Waals surface area contributed by atoms with E-state index >= 15 is 0 Å². The second-order valence-electron chi connectivity index (χ2n) is 2.92. The molecule has 0 fully saturated rings. The molecule has 1 rings (SSSR count). The van der Waals surface area contributed by atoms with E-state index in [1.165, 1.54) is 13.0 Å². The maximum Gasteiger partial charge on any atom is 0.459 e. The van der Waals surface area contributed by atoms with E-state index in [-0.39, 0.29) is 10.2 Å². The lowest BCUT2D eigenvalue weighted by Gasteiger charge is -2.19. The van der Waals surface area contributed by atoms with Gasteiger partial charge in [0.15, 0.2) is 0 Å². The number of rotatable bonds is 1. The van der Waals surface area contributed by atoms with E-state index in [1.807, 2.05) is 0 Å². The number of aryl methyl sites for hydroxylation is 1. The molecule has 0 saturated carbocycles. The van der Waals surface area contributed by atoms with E-state index < -0.39 is 17.8 Å².